The molecule has 0 bridgehead atoms. The largest absolute Gasteiger partial charge is 0.486 e. The predicted molar refractivity (Wildman–Crippen MR) is 92.8 cm³/mol. The number of allylic oxidation sites excluding steroid dienone is 1. The molecule has 6 nitrogen and oxygen atoms in total. The second kappa shape index (κ2) is 6.39. The van der Waals surface area contributed by atoms with Crippen molar-refractivity contribution in [2.24, 2.45) is 5.73 Å². The Morgan fingerprint density at radius 2 is 2.08 bits per heavy atom. The predicted octanol–water partition coefficient (Wildman–Crippen LogP) is 1.83. The fourth-order valence-corrected chi connectivity index (χ4v) is 4.00. The highest BCUT2D eigenvalue weighted by atomic mass is 19.1. The van der Waals surface area contributed by atoms with Crippen molar-refractivity contribution in [3.63, 3.8) is 0 Å². The number of nitrogens with zero attached hydrogens (tertiary/aromatic N) is 1. The van der Waals surface area contributed by atoms with Gasteiger partial charge in [-0.2, -0.15) is 0 Å². The molecule has 2 aliphatic heterocycles. The van der Waals surface area contributed by atoms with Crippen LogP contribution < -0.4 is 15.8 Å². The fourth-order valence-electron chi connectivity index (χ4n) is 4.00. The van der Waals surface area contributed by atoms with Crippen LogP contribution in [0.25, 0.3) is 0 Å². The Kier molecular flexibility index (Phi) is 4.19. The zero-order chi connectivity index (χ0) is 18.4. The number of nitrogens with one attached hydrogen (secondary N) is 1. The van der Waals surface area contributed by atoms with E-state index in [-0.39, 0.29) is 36.3 Å². The van der Waals surface area contributed by atoms with Crippen molar-refractivity contribution in [3.05, 3.63) is 41.4 Å². The Labute approximate surface area is 151 Å². The number of hydrogen-bond donors (Lipinski definition) is 2. The van der Waals surface area contributed by atoms with Gasteiger partial charge in [0.15, 0.2) is 11.6 Å². The summed E-state index contributed by atoms with van der Waals surface area (Å²) >= 11 is 0. The van der Waals surface area contributed by atoms with Crippen molar-refractivity contribution in [2.75, 3.05) is 0 Å². The zero-order valence-electron chi connectivity index (χ0n) is 14.5. The molecule has 0 spiro atoms. The molecule has 1 unspecified atom stereocenters. The Hall–Kier alpha value is -2.41. The van der Waals surface area contributed by atoms with Crippen molar-refractivity contribution < 1.29 is 18.7 Å². The van der Waals surface area contributed by atoms with E-state index in [4.69, 9.17) is 10.5 Å². The van der Waals surface area contributed by atoms with E-state index < -0.39 is 11.9 Å². The van der Waals surface area contributed by atoms with Crippen molar-refractivity contribution in [1.82, 2.24) is 10.2 Å². The molecule has 7 heteroatoms. The van der Waals surface area contributed by atoms with E-state index in [0.717, 1.165) is 19.3 Å². The lowest BCUT2D eigenvalue weighted by Crippen LogP contribution is -2.49. The molecule has 3 atom stereocenters. The first-order valence-electron chi connectivity index (χ1n) is 8.98. The summed E-state index contributed by atoms with van der Waals surface area (Å²) in [6, 6.07) is 2.14. The van der Waals surface area contributed by atoms with E-state index in [1.165, 1.54) is 11.0 Å². The van der Waals surface area contributed by atoms with Gasteiger partial charge in [0.2, 0.25) is 5.91 Å². The van der Waals surface area contributed by atoms with Crippen LogP contribution in [0.3, 0.4) is 0 Å². The average molecular weight is 359 g/mol. The number of ether oxygens (including phenoxy) is 1. The molecular formula is C19H22FN3O3. The number of carbonyl (C=O) groups is 2. The van der Waals surface area contributed by atoms with Crippen LogP contribution in [0.15, 0.2) is 24.4 Å². The molecule has 1 aromatic carbocycles. The first-order valence-corrected chi connectivity index (χ1v) is 8.98. The maximum atomic E-state index is 14.5. The minimum atomic E-state index is -0.570. The third kappa shape index (κ3) is 2.86. The zero-order valence-corrected chi connectivity index (χ0v) is 14.5. The molecule has 0 aromatic heterocycles. The van der Waals surface area contributed by atoms with E-state index in [2.05, 4.69) is 11.9 Å². The molecule has 26 heavy (non-hydrogen) atoms. The summed E-state index contributed by atoms with van der Waals surface area (Å²) < 4.78 is 20.2. The SMILES string of the molecule is C=C1CCC(N2Cc3cc(O[C@H]4CCC[C@H]4N)c(F)cc3C2=O)C(=O)N1. The lowest BCUT2D eigenvalue weighted by Gasteiger charge is -2.30. The highest BCUT2D eigenvalue weighted by molar-refractivity contribution is 6.01. The van der Waals surface area contributed by atoms with Gasteiger partial charge in [0, 0.05) is 23.8 Å². The third-order valence-electron chi connectivity index (χ3n) is 5.47. The molecule has 4 rings (SSSR count). The van der Waals surface area contributed by atoms with Gasteiger partial charge < -0.3 is 20.7 Å². The molecule has 2 fully saturated rings. The van der Waals surface area contributed by atoms with Crippen LogP contribution in [0.4, 0.5) is 4.39 Å². The number of amides is 2. The summed E-state index contributed by atoms with van der Waals surface area (Å²) in [5, 5.41) is 2.69. The molecule has 138 valence electrons. The third-order valence-corrected chi connectivity index (χ3v) is 5.47. The van der Waals surface area contributed by atoms with Gasteiger partial charge in [-0.1, -0.05) is 6.58 Å². The lowest BCUT2D eigenvalue weighted by molar-refractivity contribution is -0.126. The van der Waals surface area contributed by atoms with Crippen LogP contribution in [0.5, 0.6) is 5.75 Å². The summed E-state index contributed by atoms with van der Waals surface area (Å²) in [6.07, 6.45) is 3.57. The summed E-state index contributed by atoms with van der Waals surface area (Å²) in [4.78, 5) is 26.4. The van der Waals surface area contributed by atoms with Gasteiger partial charge in [-0.15, -0.1) is 0 Å². The monoisotopic (exact) mass is 359 g/mol. The fraction of sp³-hybridized carbons (Fsp3) is 0.474. The van der Waals surface area contributed by atoms with E-state index in [1.54, 1.807) is 6.07 Å². The molecule has 1 saturated heterocycles. The number of nitrogens with two attached hydrogens (primary N) is 1. The van der Waals surface area contributed by atoms with Crippen molar-refractivity contribution >= 4 is 11.8 Å². The molecule has 0 radical (unpaired) electrons. The Bertz CT molecular complexity index is 794. The number of halogens is 1. The summed E-state index contributed by atoms with van der Waals surface area (Å²) in [7, 11) is 0. The molecule has 2 heterocycles. The number of piperidine rings is 1. The number of fused-ring (bicyclic) bond motifs is 1. The molecule has 2 amide bonds. The van der Waals surface area contributed by atoms with Crippen LogP contribution in [0.2, 0.25) is 0 Å². The number of hydrogen-bond acceptors (Lipinski definition) is 4. The minimum absolute atomic E-state index is 0.0974. The Morgan fingerprint density at radius 3 is 2.77 bits per heavy atom. The van der Waals surface area contributed by atoms with E-state index in [9.17, 15) is 14.0 Å². The highest BCUT2D eigenvalue weighted by Crippen LogP contribution is 2.34. The number of benzene rings is 1. The normalized spacial score (nSPS) is 28.3. The quantitative estimate of drug-likeness (QED) is 0.862. The van der Waals surface area contributed by atoms with Crippen molar-refractivity contribution in [3.8, 4) is 5.75 Å². The second-order valence-electron chi connectivity index (χ2n) is 7.27. The van der Waals surface area contributed by atoms with Crippen LogP contribution in [-0.4, -0.2) is 34.9 Å². The van der Waals surface area contributed by atoms with Crippen LogP contribution in [-0.2, 0) is 11.3 Å². The van der Waals surface area contributed by atoms with Gasteiger partial charge in [0.1, 0.15) is 12.1 Å². The molecule has 3 aliphatic rings. The van der Waals surface area contributed by atoms with Crippen LogP contribution in [0.1, 0.15) is 48.0 Å². The van der Waals surface area contributed by atoms with Crippen LogP contribution >= 0.6 is 0 Å². The summed E-state index contributed by atoms with van der Waals surface area (Å²) in [6.45, 7) is 4.02. The highest BCUT2D eigenvalue weighted by Gasteiger charge is 2.39. The second-order valence-corrected chi connectivity index (χ2v) is 7.27. The van der Waals surface area contributed by atoms with E-state index in [1.807, 2.05) is 0 Å². The molecule has 1 saturated carbocycles. The standard InChI is InChI=1S/C19H22FN3O3/c1-10-5-6-15(18(24)22-10)23-9-11-7-17(13(20)8-12(11)19(23)25)26-16-4-2-3-14(16)21/h7-8,14-16H,1-6,9,21H2,(H,22,24)/t14-,15?,16+/m1/s1. The molecular weight excluding hydrogens is 337 g/mol. The van der Waals surface area contributed by atoms with Gasteiger partial charge in [0.25, 0.3) is 5.91 Å². The van der Waals surface area contributed by atoms with Gasteiger partial charge in [0.05, 0.1) is 0 Å². The van der Waals surface area contributed by atoms with Gasteiger partial charge in [-0.25, -0.2) is 4.39 Å². The van der Waals surface area contributed by atoms with Gasteiger partial charge >= 0.3 is 0 Å². The number of carbonyl (C=O) groups excluding carboxylic acids is 2. The smallest absolute Gasteiger partial charge is 0.255 e. The van der Waals surface area contributed by atoms with Gasteiger partial charge in [-0.3, -0.25) is 9.59 Å². The average Bonchev–Trinajstić information content (AvgIpc) is 3.13. The maximum Gasteiger partial charge on any atom is 0.255 e. The lowest BCUT2D eigenvalue weighted by atomic mass is 10.0. The van der Waals surface area contributed by atoms with Crippen molar-refractivity contribution in [2.45, 2.75) is 56.8 Å². The maximum absolute atomic E-state index is 14.5. The number of rotatable bonds is 3. The molecule has 1 aliphatic carbocycles. The Morgan fingerprint density at radius 1 is 1.27 bits per heavy atom. The Balaban J connectivity index is 1.56. The summed E-state index contributed by atoms with van der Waals surface area (Å²) in [5.41, 5.74) is 7.62. The first-order chi connectivity index (χ1) is 12.4. The molecule has 1 aromatic rings. The minimum Gasteiger partial charge on any atom is -0.486 e. The van der Waals surface area contributed by atoms with E-state index in [0.29, 0.717) is 29.7 Å². The van der Waals surface area contributed by atoms with E-state index >= 15 is 0 Å². The first kappa shape index (κ1) is 17.0. The van der Waals surface area contributed by atoms with Gasteiger partial charge in [-0.05, 0) is 49.8 Å². The summed E-state index contributed by atoms with van der Waals surface area (Å²) in [5.74, 6) is -1.01. The van der Waals surface area contributed by atoms with Crippen LogP contribution in [0, 0.1) is 5.82 Å². The van der Waals surface area contributed by atoms with Crippen molar-refractivity contribution in [1.29, 1.82) is 0 Å². The molecule has 3 N–H and O–H groups in total. The topological polar surface area (TPSA) is 84.7 Å².